The number of amides is 4. The summed E-state index contributed by atoms with van der Waals surface area (Å²) in [4.78, 5) is 103. The van der Waals surface area contributed by atoms with E-state index in [1.807, 2.05) is 48.5 Å². The minimum atomic E-state index is -1.60. The molecule has 4 N–H and O–H groups in total. The Morgan fingerprint density at radius 2 is 1.21 bits per heavy atom. The molecule has 404 valence electrons. The lowest BCUT2D eigenvalue weighted by Crippen LogP contribution is -2.68. The molecule has 8 atom stereocenters. The first-order valence-corrected chi connectivity index (χ1v) is 24.3. The van der Waals surface area contributed by atoms with Gasteiger partial charge in [-0.3, -0.25) is 33.6 Å². The molecule has 0 unspecified atom stereocenters. The zero-order chi connectivity index (χ0) is 53.8. The molecule has 2 aromatic carbocycles. The molecule has 0 radical (unpaired) electrons. The van der Waals surface area contributed by atoms with E-state index in [4.69, 9.17) is 47.4 Å². The minimum Gasteiger partial charge on any atom is -0.463 e. The number of hydrogen-bond donors (Lipinski definition) is 4. The van der Waals surface area contributed by atoms with Gasteiger partial charge in [-0.15, -0.1) is 0 Å². The summed E-state index contributed by atoms with van der Waals surface area (Å²) in [6.07, 6.45) is -7.91. The molecule has 2 aromatic rings. The van der Waals surface area contributed by atoms with Gasteiger partial charge in [-0.05, 0) is 55.9 Å². The van der Waals surface area contributed by atoms with E-state index in [2.05, 4.69) is 21.3 Å². The van der Waals surface area contributed by atoms with Crippen molar-refractivity contribution in [3.63, 3.8) is 0 Å². The molecule has 1 fully saturated rings. The summed E-state index contributed by atoms with van der Waals surface area (Å²) >= 11 is 0. The average molecular weight is 1030 g/mol. The number of ether oxygens (including phenoxy) is 10. The number of fused-ring (bicyclic) bond motifs is 3. The van der Waals surface area contributed by atoms with Crippen LogP contribution in [0.2, 0.25) is 0 Å². The van der Waals surface area contributed by atoms with E-state index in [9.17, 15) is 38.4 Å². The van der Waals surface area contributed by atoms with E-state index in [-0.39, 0.29) is 71.1 Å². The summed E-state index contributed by atoms with van der Waals surface area (Å²) in [5.74, 6) is -5.69. The van der Waals surface area contributed by atoms with Gasteiger partial charge < -0.3 is 68.6 Å². The molecule has 1 heterocycles. The van der Waals surface area contributed by atoms with Crippen molar-refractivity contribution < 1.29 is 85.7 Å². The van der Waals surface area contributed by atoms with Crippen molar-refractivity contribution in [1.29, 1.82) is 0 Å². The van der Waals surface area contributed by atoms with Crippen molar-refractivity contribution in [2.75, 3.05) is 59.4 Å². The zero-order valence-corrected chi connectivity index (χ0v) is 43.3. The maximum absolute atomic E-state index is 14.3. The first kappa shape index (κ1) is 59.4. The molecule has 0 aromatic heterocycles. The standard InChI is InChI=1S/C51H72N4O18/c1-29(2)42(55-50(63)68-27-39-37-17-13-11-15-35(37)36-16-12-14-18-38(36)39)48(62)54-43(47(61)52-20-22-65-24-26-66-25-23-64-21-19-41(60)73-51(8,9)10)30(3)69-49-44(53-31(4)56)46(71-34(7)59)45(70-33(6)58)40(72-49)28-67-32(5)57/h11-18,29-30,39-40,42-46,49H,19-28H2,1-10H3,(H,52,61)(H,53,56)(H,54,62)(H,55,63)/t30-,40-,42+,43+,44-,45+,46-,49+/m1/s1. The third-order valence-corrected chi connectivity index (χ3v) is 11.2. The Morgan fingerprint density at radius 1 is 0.644 bits per heavy atom. The molecule has 1 aliphatic heterocycles. The number of benzene rings is 2. The van der Waals surface area contributed by atoms with Gasteiger partial charge in [-0.25, -0.2) is 4.79 Å². The Labute approximate surface area is 425 Å². The van der Waals surface area contributed by atoms with E-state index >= 15 is 0 Å². The number of carbonyl (C=O) groups is 8. The van der Waals surface area contributed by atoms with Crippen LogP contribution in [-0.4, -0.2) is 162 Å². The highest BCUT2D eigenvalue weighted by molar-refractivity contribution is 5.92. The number of rotatable bonds is 27. The van der Waals surface area contributed by atoms with E-state index in [1.165, 1.54) is 13.8 Å². The molecule has 0 spiro atoms. The van der Waals surface area contributed by atoms with Crippen LogP contribution in [0.3, 0.4) is 0 Å². The van der Waals surface area contributed by atoms with E-state index < -0.39 is 109 Å². The van der Waals surface area contributed by atoms with Crippen LogP contribution in [0.1, 0.15) is 92.7 Å². The summed E-state index contributed by atoms with van der Waals surface area (Å²) in [6.45, 7) is 15.1. The Kier molecular flexibility index (Phi) is 23.5. The largest absolute Gasteiger partial charge is 0.463 e. The van der Waals surface area contributed by atoms with Gasteiger partial charge in [0.15, 0.2) is 18.5 Å². The lowest BCUT2D eigenvalue weighted by atomic mass is 9.95. The minimum absolute atomic E-state index is 0.0190. The van der Waals surface area contributed by atoms with E-state index in [1.54, 1.807) is 34.6 Å². The second-order valence-corrected chi connectivity index (χ2v) is 18.7. The number of esters is 4. The van der Waals surface area contributed by atoms with Gasteiger partial charge in [-0.2, -0.15) is 0 Å². The highest BCUT2D eigenvalue weighted by atomic mass is 16.7. The fourth-order valence-corrected chi connectivity index (χ4v) is 8.08. The van der Waals surface area contributed by atoms with Crippen molar-refractivity contribution in [3.05, 3.63) is 59.7 Å². The zero-order valence-electron chi connectivity index (χ0n) is 43.3. The quantitative estimate of drug-likeness (QED) is 0.0569. The molecule has 1 aliphatic carbocycles. The maximum Gasteiger partial charge on any atom is 0.407 e. The predicted molar refractivity (Wildman–Crippen MR) is 259 cm³/mol. The van der Waals surface area contributed by atoms with Gasteiger partial charge in [0.25, 0.3) is 0 Å². The van der Waals surface area contributed by atoms with Crippen molar-refractivity contribution in [2.45, 2.75) is 136 Å². The Morgan fingerprint density at radius 3 is 1.75 bits per heavy atom. The molecule has 0 bridgehead atoms. The fourth-order valence-electron chi connectivity index (χ4n) is 8.08. The summed E-state index contributed by atoms with van der Waals surface area (Å²) in [6, 6.07) is 11.5. The second kappa shape index (κ2) is 28.9. The second-order valence-electron chi connectivity index (χ2n) is 18.7. The van der Waals surface area contributed by atoms with Gasteiger partial charge in [-0.1, -0.05) is 62.4 Å². The van der Waals surface area contributed by atoms with Gasteiger partial charge in [0, 0.05) is 40.2 Å². The van der Waals surface area contributed by atoms with Gasteiger partial charge in [0.1, 0.15) is 43.0 Å². The van der Waals surface area contributed by atoms with Crippen LogP contribution >= 0.6 is 0 Å². The Hall–Kier alpha value is -6.20. The van der Waals surface area contributed by atoms with Crippen LogP contribution in [-0.2, 0) is 80.9 Å². The van der Waals surface area contributed by atoms with Gasteiger partial charge in [0.2, 0.25) is 17.7 Å². The molecule has 22 heteroatoms. The summed E-state index contributed by atoms with van der Waals surface area (Å²) in [7, 11) is 0. The van der Waals surface area contributed by atoms with Crippen LogP contribution in [0.5, 0.6) is 0 Å². The van der Waals surface area contributed by atoms with Crippen LogP contribution in [0, 0.1) is 5.92 Å². The lowest BCUT2D eigenvalue weighted by Gasteiger charge is -2.46. The highest BCUT2D eigenvalue weighted by Crippen LogP contribution is 2.44. The van der Waals surface area contributed by atoms with E-state index in [0.717, 1.165) is 43.0 Å². The van der Waals surface area contributed by atoms with Crippen molar-refractivity contribution in [3.8, 4) is 11.1 Å². The molecule has 4 amide bonds. The molecule has 1 saturated heterocycles. The molecular weight excluding hydrogens is 957 g/mol. The van der Waals surface area contributed by atoms with Crippen LogP contribution < -0.4 is 21.3 Å². The molecule has 73 heavy (non-hydrogen) atoms. The molecule has 4 rings (SSSR count). The molecular formula is C51H72N4O18. The fraction of sp³-hybridized carbons (Fsp3) is 0.608. The Bertz CT molecular complexity index is 2150. The topological polar surface area (TPSA) is 277 Å². The van der Waals surface area contributed by atoms with Gasteiger partial charge >= 0.3 is 30.0 Å². The SMILES string of the molecule is CC(=O)N[C@H]1[C@@H](O[C@H](C)[C@H](NC(=O)[C@@H](NC(=O)OCC2c3ccccc3-c3ccccc32)C(C)C)C(=O)NCCOCCOCCOCCC(=O)OC(C)(C)C)O[C@H](COC(C)=O)[C@H](OC(C)=O)[C@@H]1OC(C)=O. The van der Waals surface area contributed by atoms with Gasteiger partial charge in [0.05, 0.1) is 52.2 Å². The molecule has 2 aliphatic rings. The third kappa shape index (κ3) is 19.3. The van der Waals surface area contributed by atoms with Crippen LogP contribution in [0.25, 0.3) is 11.1 Å². The monoisotopic (exact) mass is 1030 g/mol. The Balaban J connectivity index is 1.47. The van der Waals surface area contributed by atoms with Crippen LogP contribution in [0.4, 0.5) is 4.79 Å². The number of nitrogens with one attached hydrogen (secondary N) is 4. The average Bonchev–Trinajstić information content (AvgIpc) is 3.62. The summed E-state index contributed by atoms with van der Waals surface area (Å²) < 4.78 is 56.3. The van der Waals surface area contributed by atoms with Crippen molar-refractivity contribution >= 4 is 47.7 Å². The third-order valence-electron chi connectivity index (χ3n) is 11.2. The lowest BCUT2D eigenvalue weighted by molar-refractivity contribution is -0.287. The first-order chi connectivity index (χ1) is 34.6. The van der Waals surface area contributed by atoms with Crippen molar-refractivity contribution in [2.24, 2.45) is 5.92 Å². The number of alkyl carbamates (subject to hydrolysis) is 1. The number of hydrogen-bond acceptors (Lipinski definition) is 18. The summed E-state index contributed by atoms with van der Waals surface area (Å²) in [5, 5.41) is 10.7. The van der Waals surface area contributed by atoms with Crippen LogP contribution in [0.15, 0.2) is 48.5 Å². The predicted octanol–water partition coefficient (Wildman–Crippen LogP) is 2.99. The summed E-state index contributed by atoms with van der Waals surface area (Å²) in [5.41, 5.74) is 3.48. The smallest absolute Gasteiger partial charge is 0.407 e. The normalized spacial score (nSPS) is 19.5. The van der Waals surface area contributed by atoms with Crippen molar-refractivity contribution in [1.82, 2.24) is 21.3 Å². The maximum atomic E-state index is 14.3. The highest BCUT2D eigenvalue weighted by Gasteiger charge is 2.52. The molecule has 0 saturated carbocycles. The first-order valence-electron chi connectivity index (χ1n) is 24.3. The number of carbonyl (C=O) groups excluding carboxylic acids is 8. The van der Waals surface area contributed by atoms with E-state index in [0.29, 0.717) is 0 Å². The molecule has 22 nitrogen and oxygen atoms in total.